The van der Waals surface area contributed by atoms with Crippen LogP contribution < -0.4 is 0 Å². The van der Waals surface area contributed by atoms with Gasteiger partial charge in [-0.05, 0) is 68.4 Å². The molecule has 0 aromatic heterocycles. The molecular formula is C28H38O4. The smallest absolute Gasteiger partial charge is 0.338 e. The molecule has 0 aliphatic heterocycles. The topological polar surface area (TPSA) is 52.6 Å². The number of ether oxygens (including phenoxy) is 2. The van der Waals surface area contributed by atoms with E-state index >= 15 is 0 Å². The van der Waals surface area contributed by atoms with Crippen molar-refractivity contribution in [1.82, 2.24) is 0 Å². The number of carbonyl (C=O) groups is 2. The monoisotopic (exact) mass is 438 g/mol. The molecule has 32 heavy (non-hydrogen) atoms. The molecule has 2 rings (SSSR count). The molecule has 0 saturated heterocycles. The number of rotatable bonds is 12. The summed E-state index contributed by atoms with van der Waals surface area (Å²) >= 11 is 0. The highest BCUT2D eigenvalue weighted by Crippen LogP contribution is 2.36. The highest BCUT2D eigenvalue weighted by atomic mass is 16.5. The van der Waals surface area contributed by atoms with E-state index in [9.17, 15) is 9.59 Å². The molecule has 0 radical (unpaired) electrons. The number of hydrogen-bond donors (Lipinski definition) is 0. The van der Waals surface area contributed by atoms with Crippen LogP contribution in [0.2, 0.25) is 0 Å². The van der Waals surface area contributed by atoms with Crippen LogP contribution in [-0.2, 0) is 19.1 Å². The Morgan fingerprint density at radius 2 is 1.41 bits per heavy atom. The summed E-state index contributed by atoms with van der Waals surface area (Å²) in [7, 11) is 0. The van der Waals surface area contributed by atoms with Crippen molar-refractivity contribution in [3.05, 3.63) is 70.8 Å². The Hall–Kier alpha value is -2.62. The predicted octanol–water partition coefficient (Wildman–Crippen LogP) is 7.55. The van der Waals surface area contributed by atoms with E-state index in [0.717, 1.165) is 31.4 Å². The predicted molar refractivity (Wildman–Crippen MR) is 130 cm³/mol. The highest BCUT2D eigenvalue weighted by Gasteiger charge is 2.21. The summed E-state index contributed by atoms with van der Waals surface area (Å²) in [5, 5.41) is 0. The maximum Gasteiger partial charge on any atom is 0.338 e. The normalized spacial score (nSPS) is 16.0. The lowest BCUT2D eigenvalue weighted by molar-refractivity contribution is -0.136. The van der Waals surface area contributed by atoms with Gasteiger partial charge < -0.3 is 9.47 Å². The van der Waals surface area contributed by atoms with Gasteiger partial charge in [-0.25, -0.2) is 9.59 Å². The number of carbonyl (C=O) groups excluding carboxylic acids is 2. The van der Waals surface area contributed by atoms with Gasteiger partial charge in [0.2, 0.25) is 0 Å². The second kappa shape index (κ2) is 13.0. The molecule has 0 aromatic carbocycles. The lowest BCUT2D eigenvalue weighted by Gasteiger charge is -2.24. The quantitative estimate of drug-likeness (QED) is 0.179. The van der Waals surface area contributed by atoms with Crippen molar-refractivity contribution in [3.8, 4) is 0 Å². The SMILES string of the molecule is C=C(C)C(=O)OC1=CC=C(C2=C(CCCCCCCC)C=C(OC(=O)C(=C)C)CC2)CC1. The Labute approximate surface area is 193 Å². The first-order chi connectivity index (χ1) is 15.3. The van der Waals surface area contributed by atoms with Crippen molar-refractivity contribution in [3.63, 3.8) is 0 Å². The number of unbranched alkanes of at least 4 members (excludes halogenated alkanes) is 5. The van der Waals surface area contributed by atoms with Gasteiger partial charge in [-0.1, -0.05) is 58.3 Å². The fraction of sp³-hybridized carbons (Fsp3) is 0.500. The van der Waals surface area contributed by atoms with Gasteiger partial charge in [0.25, 0.3) is 0 Å². The molecule has 0 spiro atoms. The van der Waals surface area contributed by atoms with Crippen LogP contribution in [0.15, 0.2) is 70.8 Å². The molecule has 0 aromatic rings. The van der Waals surface area contributed by atoms with E-state index < -0.39 is 0 Å². The van der Waals surface area contributed by atoms with E-state index in [4.69, 9.17) is 9.47 Å². The lowest BCUT2D eigenvalue weighted by Crippen LogP contribution is -2.11. The van der Waals surface area contributed by atoms with Crippen molar-refractivity contribution < 1.29 is 19.1 Å². The van der Waals surface area contributed by atoms with Crippen LogP contribution in [0.4, 0.5) is 0 Å². The Morgan fingerprint density at radius 3 is 2.00 bits per heavy atom. The highest BCUT2D eigenvalue weighted by molar-refractivity contribution is 5.88. The molecule has 174 valence electrons. The van der Waals surface area contributed by atoms with Crippen LogP contribution in [0.5, 0.6) is 0 Å². The average molecular weight is 439 g/mol. The molecule has 0 fully saturated rings. The van der Waals surface area contributed by atoms with Gasteiger partial charge in [0.1, 0.15) is 11.5 Å². The van der Waals surface area contributed by atoms with Crippen LogP contribution in [-0.4, -0.2) is 11.9 Å². The standard InChI is InChI=1S/C28H38O4/c1-6-7-8-9-10-11-12-23-19-25(32-28(30)21(4)5)17-18-26(23)22-13-15-24(16-14-22)31-27(29)20(2)3/h13,15,19H,2,4,6-12,14,16-18H2,1,3,5H3. The first-order valence-corrected chi connectivity index (χ1v) is 11.9. The molecule has 0 atom stereocenters. The molecule has 2 aliphatic carbocycles. The number of esters is 2. The van der Waals surface area contributed by atoms with Crippen LogP contribution in [0.25, 0.3) is 0 Å². The average Bonchev–Trinajstić information content (AvgIpc) is 2.76. The zero-order chi connectivity index (χ0) is 23.5. The van der Waals surface area contributed by atoms with Gasteiger partial charge in [0, 0.05) is 24.0 Å². The summed E-state index contributed by atoms with van der Waals surface area (Å²) in [5.41, 5.74) is 4.70. The second-order valence-corrected chi connectivity index (χ2v) is 8.80. The third-order valence-electron chi connectivity index (χ3n) is 5.79. The van der Waals surface area contributed by atoms with E-state index in [0.29, 0.717) is 29.7 Å². The molecule has 0 saturated carbocycles. The lowest BCUT2D eigenvalue weighted by atomic mass is 9.84. The van der Waals surface area contributed by atoms with Gasteiger partial charge in [-0.3, -0.25) is 0 Å². The van der Waals surface area contributed by atoms with Gasteiger partial charge >= 0.3 is 11.9 Å². The summed E-state index contributed by atoms with van der Waals surface area (Å²) in [5.74, 6) is 0.677. The Morgan fingerprint density at radius 1 is 0.812 bits per heavy atom. The minimum Gasteiger partial charge on any atom is -0.428 e. The number of hydrogen-bond acceptors (Lipinski definition) is 4. The third-order valence-corrected chi connectivity index (χ3v) is 5.79. The Bertz CT molecular complexity index is 864. The second-order valence-electron chi connectivity index (χ2n) is 8.80. The molecule has 0 bridgehead atoms. The molecule has 4 heteroatoms. The minimum absolute atomic E-state index is 0.359. The van der Waals surface area contributed by atoms with Crippen LogP contribution in [0.3, 0.4) is 0 Å². The fourth-order valence-electron chi connectivity index (χ4n) is 3.90. The summed E-state index contributed by atoms with van der Waals surface area (Å²) in [6.45, 7) is 12.9. The molecule has 0 N–H and O–H groups in total. The van der Waals surface area contributed by atoms with Crippen LogP contribution >= 0.6 is 0 Å². The Balaban J connectivity index is 2.16. The molecular weight excluding hydrogens is 400 g/mol. The van der Waals surface area contributed by atoms with Crippen molar-refractivity contribution >= 4 is 11.9 Å². The molecule has 0 amide bonds. The van der Waals surface area contributed by atoms with Crippen LogP contribution in [0.1, 0.15) is 91.4 Å². The summed E-state index contributed by atoms with van der Waals surface area (Å²) in [4.78, 5) is 23.8. The number of allylic oxidation sites excluding steroid dienone is 8. The zero-order valence-corrected chi connectivity index (χ0v) is 20.1. The van der Waals surface area contributed by atoms with Crippen molar-refractivity contribution in [2.45, 2.75) is 91.4 Å². The first kappa shape index (κ1) is 25.6. The summed E-state index contributed by atoms with van der Waals surface area (Å²) in [6.07, 6.45) is 17.5. The molecule has 2 aliphatic rings. The van der Waals surface area contributed by atoms with Gasteiger partial charge in [-0.15, -0.1) is 0 Å². The van der Waals surface area contributed by atoms with E-state index in [1.807, 2.05) is 6.08 Å². The largest absolute Gasteiger partial charge is 0.428 e. The maximum atomic E-state index is 12.0. The summed E-state index contributed by atoms with van der Waals surface area (Å²) < 4.78 is 10.9. The van der Waals surface area contributed by atoms with Crippen molar-refractivity contribution in [2.24, 2.45) is 0 Å². The van der Waals surface area contributed by atoms with E-state index in [2.05, 4.69) is 32.2 Å². The van der Waals surface area contributed by atoms with E-state index in [1.54, 1.807) is 13.8 Å². The van der Waals surface area contributed by atoms with E-state index in [1.165, 1.54) is 48.8 Å². The molecule has 0 heterocycles. The molecule has 0 unspecified atom stereocenters. The first-order valence-electron chi connectivity index (χ1n) is 11.9. The maximum absolute atomic E-state index is 12.0. The van der Waals surface area contributed by atoms with Gasteiger partial charge in [0.15, 0.2) is 0 Å². The Kier molecular flexibility index (Phi) is 10.5. The molecule has 4 nitrogen and oxygen atoms in total. The minimum atomic E-state index is -0.374. The van der Waals surface area contributed by atoms with E-state index in [-0.39, 0.29) is 11.9 Å². The summed E-state index contributed by atoms with van der Waals surface area (Å²) in [6, 6.07) is 0. The van der Waals surface area contributed by atoms with Crippen LogP contribution in [0, 0.1) is 0 Å². The third kappa shape index (κ3) is 8.14. The van der Waals surface area contributed by atoms with Gasteiger partial charge in [0.05, 0.1) is 0 Å². The zero-order valence-electron chi connectivity index (χ0n) is 20.1. The van der Waals surface area contributed by atoms with Gasteiger partial charge in [-0.2, -0.15) is 0 Å². The van der Waals surface area contributed by atoms with Crippen molar-refractivity contribution in [1.29, 1.82) is 0 Å². The fourth-order valence-corrected chi connectivity index (χ4v) is 3.90. The van der Waals surface area contributed by atoms with Crippen molar-refractivity contribution in [2.75, 3.05) is 0 Å².